The van der Waals surface area contributed by atoms with E-state index in [1.54, 1.807) is 13.0 Å². The molecule has 1 atom stereocenters. The van der Waals surface area contributed by atoms with E-state index in [2.05, 4.69) is 15.2 Å². The van der Waals surface area contributed by atoms with Crippen molar-refractivity contribution in [2.24, 2.45) is 5.73 Å². The minimum Gasteiger partial charge on any atom is -0.490 e. The SMILES string of the molecule is COc1ccc(-c2n[nH]c([C@H](C)N)n2)cc1[N+](=O)[O-]. The molecule has 0 saturated carbocycles. The Labute approximate surface area is 108 Å². The van der Waals surface area contributed by atoms with Gasteiger partial charge in [-0.1, -0.05) is 0 Å². The van der Waals surface area contributed by atoms with Crippen molar-refractivity contribution in [1.82, 2.24) is 15.2 Å². The van der Waals surface area contributed by atoms with Crippen LogP contribution in [0.5, 0.6) is 5.75 Å². The van der Waals surface area contributed by atoms with Crippen molar-refractivity contribution in [3.63, 3.8) is 0 Å². The molecule has 0 aliphatic carbocycles. The molecule has 0 spiro atoms. The molecule has 8 heteroatoms. The summed E-state index contributed by atoms with van der Waals surface area (Å²) in [5, 5.41) is 17.6. The van der Waals surface area contributed by atoms with Gasteiger partial charge in [0.2, 0.25) is 0 Å². The molecule has 0 aliphatic rings. The molecule has 100 valence electrons. The Balaban J connectivity index is 2.44. The van der Waals surface area contributed by atoms with Gasteiger partial charge in [-0.15, -0.1) is 0 Å². The molecule has 0 fully saturated rings. The predicted molar refractivity (Wildman–Crippen MR) is 67.6 cm³/mol. The summed E-state index contributed by atoms with van der Waals surface area (Å²) >= 11 is 0. The molecular weight excluding hydrogens is 250 g/mol. The Morgan fingerprint density at radius 3 is 2.79 bits per heavy atom. The number of hydrogen-bond donors (Lipinski definition) is 2. The number of H-pyrrole nitrogens is 1. The van der Waals surface area contributed by atoms with Gasteiger partial charge >= 0.3 is 5.69 Å². The van der Waals surface area contributed by atoms with Crippen LogP contribution in [0.3, 0.4) is 0 Å². The minimum absolute atomic E-state index is 0.132. The zero-order valence-corrected chi connectivity index (χ0v) is 10.5. The number of hydrogen-bond acceptors (Lipinski definition) is 6. The zero-order chi connectivity index (χ0) is 14.0. The standard InChI is InChI=1S/C11H13N5O3/c1-6(12)10-13-11(15-14-10)7-3-4-9(19-2)8(5-7)16(17)18/h3-6H,12H2,1-2H3,(H,13,14,15)/t6-/m0/s1. The van der Waals surface area contributed by atoms with E-state index < -0.39 is 4.92 Å². The number of nitro groups is 1. The van der Waals surface area contributed by atoms with Gasteiger partial charge in [0.05, 0.1) is 18.1 Å². The van der Waals surface area contributed by atoms with E-state index in [0.29, 0.717) is 17.2 Å². The highest BCUT2D eigenvalue weighted by Crippen LogP contribution is 2.30. The average Bonchev–Trinajstić information content (AvgIpc) is 2.87. The van der Waals surface area contributed by atoms with Crippen LogP contribution in [-0.2, 0) is 0 Å². The van der Waals surface area contributed by atoms with Gasteiger partial charge in [-0.3, -0.25) is 15.2 Å². The predicted octanol–water partition coefficient (Wildman–Crippen LogP) is 1.41. The second kappa shape index (κ2) is 5.02. The lowest BCUT2D eigenvalue weighted by atomic mass is 10.2. The Hall–Kier alpha value is -2.48. The maximum Gasteiger partial charge on any atom is 0.311 e. The fraction of sp³-hybridized carbons (Fsp3) is 0.273. The molecule has 1 heterocycles. The summed E-state index contributed by atoms with van der Waals surface area (Å²) in [6, 6.07) is 4.25. The van der Waals surface area contributed by atoms with Crippen LogP contribution in [0.2, 0.25) is 0 Å². The highest BCUT2D eigenvalue weighted by atomic mass is 16.6. The number of benzene rings is 1. The third-order valence-corrected chi connectivity index (χ3v) is 2.57. The summed E-state index contributed by atoms with van der Waals surface area (Å²) in [6.45, 7) is 1.76. The lowest BCUT2D eigenvalue weighted by Crippen LogP contribution is -2.06. The molecular formula is C11H13N5O3. The van der Waals surface area contributed by atoms with Crippen LogP contribution < -0.4 is 10.5 Å². The van der Waals surface area contributed by atoms with Crippen molar-refractivity contribution in [2.45, 2.75) is 13.0 Å². The summed E-state index contributed by atoms with van der Waals surface area (Å²) < 4.78 is 4.93. The van der Waals surface area contributed by atoms with Crippen LogP contribution in [0.1, 0.15) is 18.8 Å². The summed E-state index contributed by atoms with van der Waals surface area (Å²) in [7, 11) is 1.38. The molecule has 1 aromatic heterocycles. The fourth-order valence-electron chi connectivity index (χ4n) is 1.58. The molecule has 0 aliphatic heterocycles. The molecule has 0 amide bonds. The molecule has 2 aromatic rings. The number of ether oxygens (including phenoxy) is 1. The number of nitrogens with two attached hydrogens (primary N) is 1. The molecule has 3 N–H and O–H groups in total. The number of aromatic nitrogens is 3. The van der Waals surface area contributed by atoms with Gasteiger partial charge in [-0.25, -0.2) is 4.98 Å². The van der Waals surface area contributed by atoms with Crippen molar-refractivity contribution in [1.29, 1.82) is 0 Å². The van der Waals surface area contributed by atoms with Crippen molar-refractivity contribution < 1.29 is 9.66 Å². The number of nitro benzene ring substituents is 1. The topological polar surface area (TPSA) is 120 Å². The third-order valence-electron chi connectivity index (χ3n) is 2.57. The lowest BCUT2D eigenvalue weighted by Gasteiger charge is -2.02. The van der Waals surface area contributed by atoms with E-state index >= 15 is 0 Å². The van der Waals surface area contributed by atoms with Gasteiger partial charge in [0.25, 0.3) is 0 Å². The summed E-state index contributed by atoms with van der Waals surface area (Å²) in [6.07, 6.45) is 0. The highest BCUT2D eigenvalue weighted by molar-refractivity contribution is 5.63. The zero-order valence-electron chi connectivity index (χ0n) is 10.5. The Morgan fingerprint density at radius 1 is 1.53 bits per heavy atom. The van der Waals surface area contributed by atoms with Crippen LogP contribution in [-0.4, -0.2) is 27.2 Å². The maximum absolute atomic E-state index is 10.9. The second-order valence-electron chi connectivity index (χ2n) is 3.98. The van der Waals surface area contributed by atoms with E-state index in [1.165, 1.54) is 19.2 Å². The molecule has 2 rings (SSSR count). The van der Waals surface area contributed by atoms with E-state index in [1.807, 2.05) is 0 Å². The number of nitrogens with one attached hydrogen (secondary N) is 1. The minimum atomic E-state index is -0.512. The largest absolute Gasteiger partial charge is 0.490 e. The average molecular weight is 263 g/mol. The Morgan fingerprint density at radius 2 is 2.26 bits per heavy atom. The van der Waals surface area contributed by atoms with Crippen molar-refractivity contribution in [3.8, 4) is 17.1 Å². The van der Waals surface area contributed by atoms with Gasteiger partial charge in [-0.05, 0) is 19.1 Å². The quantitative estimate of drug-likeness (QED) is 0.635. The molecule has 0 unspecified atom stereocenters. The first-order valence-electron chi connectivity index (χ1n) is 5.53. The van der Waals surface area contributed by atoms with Gasteiger partial charge in [0.15, 0.2) is 11.6 Å². The summed E-state index contributed by atoms with van der Waals surface area (Å²) in [5.74, 6) is 1.07. The van der Waals surface area contributed by atoms with E-state index in [4.69, 9.17) is 10.5 Å². The number of rotatable bonds is 4. The third kappa shape index (κ3) is 2.52. The Kier molecular flexibility index (Phi) is 3.43. The molecule has 1 aromatic carbocycles. The highest BCUT2D eigenvalue weighted by Gasteiger charge is 2.18. The van der Waals surface area contributed by atoms with Crippen LogP contribution >= 0.6 is 0 Å². The number of aromatic amines is 1. The van der Waals surface area contributed by atoms with Gasteiger partial charge in [0, 0.05) is 11.6 Å². The van der Waals surface area contributed by atoms with Gasteiger partial charge < -0.3 is 10.5 Å². The molecule has 8 nitrogen and oxygen atoms in total. The monoisotopic (exact) mass is 263 g/mol. The normalized spacial score (nSPS) is 12.2. The van der Waals surface area contributed by atoms with Crippen LogP contribution in [0.25, 0.3) is 11.4 Å². The van der Waals surface area contributed by atoms with E-state index in [0.717, 1.165) is 0 Å². The lowest BCUT2D eigenvalue weighted by molar-refractivity contribution is -0.385. The summed E-state index contributed by atoms with van der Waals surface area (Å²) in [5.41, 5.74) is 6.06. The van der Waals surface area contributed by atoms with Crippen LogP contribution in [0, 0.1) is 10.1 Å². The number of methoxy groups -OCH3 is 1. The molecule has 19 heavy (non-hydrogen) atoms. The van der Waals surface area contributed by atoms with Gasteiger partial charge in [-0.2, -0.15) is 5.10 Å². The van der Waals surface area contributed by atoms with E-state index in [-0.39, 0.29) is 17.5 Å². The van der Waals surface area contributed by atoms with Crippen molar-refractivity contribution in [2.75, 3.05) is 7.11 Å². The van der Waals surface area contributed by atoms with Gasteiger partial charge in [0.1, 0.15) is 5.82 Å². The van der Waals surface area contributed by atoms with Crippen molar-refractivity contribution in [3.05, 3.63) is 34.1 Å². The summed E-state index contributed by atoms with van der Waals surface area (Å²) in [4.78, 5) is 14.6. The van der Waals surface area contributed by atoms with Crippen molar-refractivity contribution >= 4 is 5.69 Å². The smallest absolute Gasteiger partial charge is 0.311 e. The first-order valence-corrected chi connectivity index (χ1v) is 5.53. The first kappa shape index (κ1) is 13.0. The first-order chi connectivity index (χ1) is 9.02. The van der Waals surface area contributed by atoms with E-state index in [9.17, 15) is 10.1 Å². The molecule has 0 saturated heterocycles. The van der Waals surface area contributed by atoms with Crippen LogP contribution in [0.15, 0.2) is 18.2 Å². The van der Waals surface area contributed by atoms with Crippen LogP contribution in [0.4, 0.5) is 5.69 Å². The maximum atomic E-state index is 10.9. The fourth-order valence-corrected chi connectivity index (χ4v) is 1.58. The molecule has 0 bridgehead atoms. The molecule has 0 radical (unpaired) electrons. The number of nitrogens with zero attached hydrogens (tertiary/aromatic N) is 3. The second-order valence-corrected chi connectivity index (χ2v) is 3.98. The Bertz CT molecular complexity index is 608.